The molecule has 0 saturated heterocycles. The number of anilines is 1. The number of thiophene rings is 1. The van der Waals surface area contributed by atoms with Gasteiger partial charge in [0.05, 0.1) is 6.54 Å². The van der Waals surface area contributed by atoms with Gasteiger partial charge in [0.1, 0.15) is 9.22 Å². The largest absolute Gasteiger partial charge is 0.398 e. The molecule has 0 bridgehead atoms. The number of thiazole rings is 1. The summed E-state index contributed by atoms with van der Waals surface area (Å²) in [5, 5.41) is 4.23. The Morgan fingerprint density at radius 1 is 1.41 bits per heavy atom. The van der Waals surface area contributed by atoms with Gasteiger partial charge in [-0.05, 0) is 13.0 Å². The Balaban J connectivity index is 2.08. The van der Waals surface area contributed by atoms with Crippen molar-refractivity contribution in [2.45, 2.75) is 17.7 Å². The highest BCUT2D eigenvalue weighted by Crippen LogP contribution is 2.21. The second-order valence-corrected chi connectivity index (χ2v) is 7.25. The predicted octanol–water partition coefficient (Wildman–Crippen LogP) is 1.57. The molecule has 0 saturated carbocycles. The summed E-state index contributed by atoms with van der Waals surface area (Å²) < 4.78 is 26.4. The highest BCUT2D eigenvalue weighted by atomic mass is 32.2. The van der Waals surface area contributed by atoms with E-state index in [0.29, 0.717) is 5.69 Å². The maximum atomic E-state index is 11.8. The number of nitrogen functional groups attached to an aromatic ring is 1. The Hall–Kier alpha value is -0.960. The Bertz CT molecular complexity index is 615. The first-order valence-corrected chi connectivity index (χ1v) is 7.96. The van der Waals surface area contributed by atoms with Gasteiger partial charge in [0.15, 0.2) is 0 Å². The van der Waals surface area contributed by atoms with Crippen molar-refractivity contribution in [1.29, 1.82) is 0 Å². The molecule has 17 heavy (non-hydrogen) atoms. The zero-order chi connectivity index (χ0) is 12.5. The van der Waals surface area contributed by atoms with E-state index in [4.69, 9.17) is 5.73 Å². The van der Waals surface area contributed by atoms with Crippen LogP contribution < -0.4 is 10.5 Å². The smallest absolute Gasteiger partial charge is 0.250 e. The van der Waals surface area contributed by atoms with Crippen molar-refractivity contribution in [3.8, 4) is 0 Å². The highest BCUT2D eigenvalue weighted by Gasteiger charge is 2.16. The Morgan fingerprint density at radius 3 is 2.71 bits per heavy atom. The summed E-state index contributed by atoms with van der Waals surface area (Å²) in [6.07, 6.45) is 0. The number of nitrogens with two attached hydrogens (primary N) is 1. The van der Waals surface area contributed by atoms with Crippen LogP contribution in [-0.2, 0) is 16.6 Å². The van der Waals surface area contributed by atoms with Gasteiger partial charge in [0.2, 0.25) is 0 Å². The Labute approximate surface area is 107 Å². The highest BCUT2D eigenvalue weighted by molar-refractivity contribution is 7.91. The van der Waals surface area contributed by atoms with E-state index in [1.54, 1.807) is 5.38 Å². The van der Waals surface area contributed by atoms with Crippen LogP contribution in [0.25, 0.3) is 0 Å². The van der Waals surface area contributed by atoms with E-state index < -0.39 is 10.0 Å². The third-order valence-electron chi connectivity index (χ3n) is 1.94. The van der Waals surface area contributed by atoms with E-state index >= 15 is 0 Å². The summed E-state index contributed by atoms with van der Waals surface area (Å²) >= 11 is 2.54. The van der Waals surface area contributed by atoms with Gasteiger partial charge in [-0.15, -0.1) is 22.7 Å². The van der Waals surface area contributed by atoms with E-state index in [-0.39, 0.29) is 10.8 Å². The van der Waals surface area contributed by atoms with Crippen LogP contribution in [0.5, 0.6) is 0 Å². The molecule has 0 fully saturated rings. The van der Waals surface area contributed by atoms with Crippen molar-refractivity contribution >= 4 is 38.4 Å². The van der Waals surface area contributed by atoms with Gasteiger partial charge in [0, 0.05) is 22.1 Å². The monoisotopic (exact) mass is 289 g/mol. The minimum atomic E-state index is -3.47. The maximum Gasteiger partial charge on any atom is 0.250 e. The number of nitrogens with one attached hydrogen (secondary N) is 1. The fourth-order valence-electron chi connectivity index (χ4n) is 1.18. The van der Waals surface area contributed by atoms with Gasteiger partial charge in [-0.2, -0.15) is 0 Å². The molecule has 0 aliphatic rings. The number of hydrogen-bond acceptors (Lipinski definition) is 6. The second kappa shape index (κ2) is 4.73. The fourth-order valence-corrected chi connectivity index (χ4v) is 4.10. The zero-order valence-electron chi connectivity index (χ0n) is 9.00. The van der Waals surface area contributed by atoms with Crippen molar-refractivity contribution in [1.82, 2.24) is 9.71 Å². The molecule has 2 aromatic rings. The topological polar surface area (TPSA) is 85.1 Å². The first-order valence-electron chi connectivity index (χ1n) is 4.72. The van der Waals surface area contributed by atoms with E-state index in [9.17, 15) is 8.42 Å². The van der Waals surface area contributed by atoms with Crippen molar-refractivity contribution < 1.29 is 8.42 Å². The van der Waals surface area contributed by atoms with Crippen LogP contribution in [0, 0.1) is 6.92 Å². The van der Waals surface area contributed by atoms with E-state index in [2.05, 4.69) is 9.71 Å². The van der Waals surface area contributed by atoms with Crippen molar-refractivity contribution in [3.63, 3.8) is 0 Å². The molecule has 0 aromatic carbocycles. The Kier molecular flexibility index (Phi) is 3.48. The quantitative estimate of drug-likeness (QED) is 0.894. The zero-order valence-corrected chi connectivity index (χ0v) is 11.5. The molecule has 2 aromatic heterocycles. The molecular formula is C9H11N3O2S3. The Morgan fingerprint density at radius 2 is 2.18 bits per heavy atom. The molecule has 8 heteroatoms. The maximum absolute atomic E-state index is 11.8. The lowest BCUT2D eigenvalue weighted by Crippen LogP contribution is -2.22. The average Bonchev–Trinajstić information content (AvgIpc) is 2.85. The number of aromatic nitrogens is 1. The molecule has 92 valence electrons. The third kappa shape index (κ3) is 3.03. The molecule has 0 spiro atoms. The number of nitrogens with zero attached hydrogens (tertiary/aromatic N) is 1. The lowest BCUT2D eigenvalue weighted by atomic mass is 10.6. The van der Waals surface area contributed by atoms with Gasteiger partial charge in [0.25, 0.3) is 10.0 Å². The summed E-state index contributed by atoms with van der Waals surface area (Å²) in [6, 6.07) is 1.44. The van der Waals surface area contributed by atoms with Gasteiger partial charge < -0.3 is 5.73 Å². The molecule has 0 aliphatic heterocycles. The SMILES string of the molecule is Cc1csc(CNS(=O)(=O)c2cc(N)cs2)n1. The minimum Gasteiger partial charge on any atom is -0.398 e. The number of sulfonamides is 1. The summed E-state index contributed by atoms with van der Waals surface area (Å²) in [7, 11) is -3.47. The molecule has 0 aliphatic carbocycles. The molecule has 0 unspecified atom stereocenters. The summed E-state index contributed by atoms with van der Waals surface area (Å²) in [5.74, 6) is 0. The minimum absolute atomic E-state index is 0.207. The van der Waals surface area contributed by atoms with E-state index in [1.165, 1.54) is 17.4 Å². The van der Waals surface area contributed by atoms with Crippen LogP contribution in [0.1, 0.15) is 10.7 Å². The van der Waals surface area contributed by atoms with Crippen LogP contribution in [0.15, 0.2) is 21.0 Å². The standard InChI is InChI=1S/C9H11N3O2S3/c1-6-4-15-8(12-6)3-11-17(13,14)9-2-7(10)5-16-9/h2,4-5,11H,3,10H2,1H3. The van der Waals surface area contributed by atoms with Crippen molar-refractivity contribution in [2.24, 2.45) is 0 Å². The molecule has 2 rings (SSSR count). The van der Waals surface area contributed by atoms with Crippen LogP contribution in [0.4, 0.5) is 5.69 Å². The van der Waals surface area contributed by atoms with Crippen LogP contribution in [-0.4, -0.2) is 13.4 Å². The number of rotatable bonds is 4. The second-order valence-electron chi connectivity index (χ2n) is 3.41. The first-order chi connectivity index (χ1) is 7.97. The van der Waals surface area contributed by atoms with Gasteiger partial charge in [-0.1, -0.05) is 0 Å². The molecular weight excluding hydrogens is 278 g/mol. The predicted molar refractivity (Wildman–Crippen MR) is 69.6 cm³/mol. The van der Waals surface area contributed by atoms with Crippen LogP contribution in [0.3, 0.4) is 0 Å². The molecule has 0 atom stereocenters. The lowest BCUT2D eigenvalue weighted by Gasteiger charge is -2.01. The van der Waals surface area contributed by atoms with Crippen molar-refractivity contribution in [3.05, 3.63) is 27.5 Å². The average molecular weight is 289 g/mol. The molecule has 0 amide bonds. The van der Waals surface area contributed by atoms with Crippen molar-refractivity contribution in [2.75, 3.05) is 5.73 Å². The summed E-state index contributed by atoms with van der Waals surface area (Å²) in [6.45, 7) is 2.08. The van der Waals surface area contributed by atoms with Gasteiger partial charge in [-0.3, -0.25) is 0 Å². The number of aryl methyl sites for hydroxylation is 1. The normalized spacial score (nSPS) is 11.8. The third-order valence-corrected chi connectivity index (χ3v) is 5.77. The lowest BCUT2D eigenvalue weighted by molar-refractivity contribution is 0.583. The molecule has 2 heterocycles. The first kappa shape index (κ1) is 12.5. The number of hydrogen-bond donors (Lipinski definition) is 2. The molecule has 0 radical (unpaired) electrons. The molecule has 3 N–H and O–H groups in total. The molecule has 5 nitrogen and oxygen atoms in total. The summed E-state index contributed by atoms with van der Waals surface area (Å²) in [4.78, 5) is 4.18. The van der Waals surface area contributed by atoms with Gasteiger partial charge >= 0.3 is 0 Å². The fraction of sp³-hybridized carbons (Fsp3) is 0.222. The van der Waals surface area contributed by atoms with E-state index in [1.807, 2.05) is 12.3 Å². The van der Waals surface area contributed by atoms with Crippen LogP contribution >= 0.6 is 22.7 Å². The van der Waals surface area contributed by atoms with Crippen LogP contribution in [0.2, 0.25) is 0 Å². The van der Waals surface area contributed by atoms with E-state index in [0.717, 1.165) is 22.0 Å². The summed E-state index contributed by atoms with van der Waals surface area (Å²) in [5.41, 5.74) is 6.85. The van der Waals surface area contributed by atoms with Gasteiger partial charge in [-0.25, -0.2) is 18.1 Å².